The van der Waals surface area contributed by atoms with Crippen LogP contribution in [0.3, 0.4) is 0 Å². The molecule has 6 nitrogen and oxygen atoms in total. The highest BCUT2D eigenvalue weighted by atomic mass is 32.1. The minimum Gasteiger partial charge on any atom is -0.473 e. The van der Waals surface area contributed by atoms with Crippen molar-refractivity contribution in [2.24, 2.45) is 5.73 Å². The zero-order valence-corrected chi connectivity index (χ0v) is 12.5. The molecule has 0 spiro atoms. The standard InChI is InChI=1S/C12H21N3O3S/c1-12(2,3)18-10(16)14-6-8(13)5-9-7-15-11(17-4)19-9/h7-8H,5-6,13H2,1-4H3,(H,14,16). The lowest BCUT2D eigenvalue weighted by Gasteiger charge is -2.20. The number of ether oxygens (including phenoxy) is 2. The summed E-state index contributed by atoms with van der Waals surface area (Å²) in [6, 6.07) is -0.183. The van der Waals surface area contributed by atoms with Gasteiger partial charge in [-0.25, -0.2) is 9.78 Å². The lowest BCUT2D eigenvalue weighted by Crippen LogP contribution is -2.40. The molecule has 0 aliphatic carbocycles. The summed E-state index contributed by atoms with van der Waals surface area (Å²) in [6.45, 7) is 5.80. The molecule has 0 fully saturated rings. The number of rotatable bonds is 5. The second kappa shape index (κ2) is 6.72. The van der Waals surface area contributed by atoms with E-state index in [2.05, 4.69) is 10.3 Å². The maximum atomic E-state index is 11.4. The number of nitrogens with two attached hydrogens (primary N) is 1. The van der Waals surface area contributed by atoms with Crippen molar-refractivity contribution in [3.05, 3.63) is 11.1 Å². The van der Waals surface area contributed by atoms with Crippen molar-refractivity contribution in [2.75, 3.05) is 13.7 Å². The Kier molecular flexibility index (Phi) is 5.56. The number of carbonyl (C=O) groups is 1. The van der Waals surface area contributed by atoms with E-state index in [1.54, 1.807) is 13.3 Å². The van der Waals surface area contributed by atoms with Crippen molar-refractivity contribution in [2.45, 2.75) is 38.8 Å². The summed E-state index contributed by atoms with van der Waals surface area (Å²) in [5, 5.41) is 3.26. The smallest absolute Gasteiger partial charge is 0.407 e. The van der Waals surface area contributed by atoms with E-state index in [0.29, 0.717) is 18.2 Å². The van der Waals surface area contributed by atoms with E-state index in [1.165, 1.54) is 11.3 Å². The molecule has 7 heteroatoms. The molecule has 1 aromatic heterocycles. The highest BCUT2D eigenvalue weighted by molar-refractivity contribution is 7.13. The molecule has 0 bridgehead atoms. The Morgan fingerprint density at radius 1 is 1.58 bits per heavy atom. The zero-order chi connectivity index (χ0) is 14.5. The zero-order valence-electron chi connectivity index (χ0n) is 11.7. The van der Waals surface area contributed by atoms with E-state index in [9.17, 15) is 4.79 Å². The van der Waals surface area contributed by atoms with Gasteiger partial charge in [0.1, 0.15) is 5.60 Å². The van der Waals surface area contributed by atoms with Crippen LogP contribution in [-0.2, 0) is 11.2 Å². The van der Waals surface area contributed by atoms with Gasteiger partial charge in [-0.05, 0) is 20.8 Å². The van der Waals surface area contributed by atoms with Crippen LogP contribution in [0.1, 0.15) is 25.6 Å². The number of nitrogens with one attached hydrogen (secondary N) is 1. The van der Waals surface area contributed by atoms with Crippen LogP contribution in [0.2, 0.25) is 0 Å². The molecule has 1 rings (SSSR count). The Morgan fingerprint density at radius 3 is 2.79 bits per heavy atom. The summed E-state index contributed by atoms with van der Waals surface area (Å²) in [6.07, 6.45) is 1.91. The van der Waals surface area contributed by atoms with Crippen LogP contribution >= 0.6 is 11.3 Å². The van der Waals surface area contributed by atoms with Crippen molar-refractivity contribution < 1.29 is 14.3 Å². The molecule has 0 radical (unpaired) electrons. The monoisotopic (exact) mass is 287 g/mol. The van der Waals surface area contributed by atoms with Crippen molar-refractivity contribution in [3.8, 4) is 5.19 Å². The van der Waals surface area contributed by atoms with Gasteiger partial charge in [0.05, 0.1) is 7.11 Å². The minimum atomic E-state index is -0.501. The molecule has 1 heterocycles. The SMILES string of the molecule is COc1ncc(CC(N)CNC(=O)OC(C)(C)C)s1. The fourth-order valence-corrected chi connectivity index (χ4v) is 2.15. The molecule has 0 saturated heterocycles. The number of thiazole rings is 1. The number of methoxy groups -OCH3 is 1. The molecular weight excluding hydrogens is 266 g/mol. The first kappa shape index (κ1) is 15.7. The molecule has 1 amide bonds. The second-order valence-electron chi connectivity index (χ2n) is 5.14. The average Bonchev–Trinajstić information content (AvgIpc) is 2.72. The summed E-state index contributed by atoms with van der Waals surface area (Å²) in [4.78, 5) is 16.5. The minimum absolute atomic E-state index is 0.183. The Labute approximate surface area is 117 Å². The maximum absolute atomic E-state index is 11.4. The summed E-state index contributed by atoms with van der Waals surface area (Å²) in [5.74, 6) is 0. The molecule has 1 aromatic rings. The molecule has 0 saturated carbocycles. The Hall–Kier alpha value is -1.34. The van der Waals surface area contributed by atoms with E-state index < -0.39 is 11.7 Å². The van der Waals surface area contributed by atoms with Gasteiger partial charge in [-0.3, -0.25) is 0 Å². The van der Waals surface area contributed by atoms with Gasteiger partial charge in [0.25, 0.3) is 5.19 Å². The first-order valence-electron chi connectivity index (χ1n) is 6.01. The fourth-order valence-electron chi connectivity index (χ4n) is 1.34. The van der Waals surface area contributed by atoms with Gasteiger partial charge in [0.15, 0.2) is 0 Å². The van der Waals surface area contributed by atoms with Gasteiger partial charge >= 0.3 is 6.09 Å². The molecule has 0 aromatic carbocycles. The molecule has 3 N–H and O–H groups in total. The Morgan fingerprint density at radius 2 is 2.26 bits per heavy atom. The van der Waals surface area contributed by atoms with E-state index >= 15 is 0 Å². The number of hydrogen-bond acceptors (Lipinski definition) is 6. The summed E-state index contributed by atoms with van der Waals surface area (Å²) in [5.41, 5.74) is 5.44. The molecule has 0 aliphatic heterocycles. The molecule has 1 atom stereocenters. The van der Waals surface area contributed by atoms with Gasteiger partial charge in [-0.2, -0.15) is 0 Å². The first-order valence-corrected chi connectivity index (χ1v) is 6.83. The van der Waals surface area contributed by atoms with Crippen LogP contribution in [0.5, 0.6) is 5.19 Å². The molecular formula is C12H21N3O3S. The molecule has 108 valence electrons. The van der Waals surface area contributed by atoms with E-state index in [1.807, 2.05) is 20.8 Å². The van der Waals surface area contributed by atoms with E-state index in [0.717, 1.165) is 4.88 Å². The normalized spacial score (nSPS) is 12.9. The van der Waals surface area contributed by atoms with Gasteiger partial charge in [-0.15, -0.1) is 0 Å². The molecule has 19 heavy (non-hydrogen) atoms. The molecule has 0 aliphatic rings. The van der Waals surface area contributed by atoms with Crippen LogP contribution < -0.4 is 15.8 Å². The first-order chi connectivity index (χ1) is 8.80. The van der Waals surface area contributed by atoms with Gasteiger partial charge in [0.2, 0.25) is 0 Å². The van der Waals surface area contributed by atoms with E-state index in [4.69, 9.17) is 15.2 Å². The summed E-state index contributed by atoms with van der Waals surface area (Å²) in [7, 11) is 1.58. The predicted octanol–water partition coefficient (Wildman–Crippen LogP) is 1.55. The van der Waals surface area contributed by atoms with Gasteiger partial charge < -0.3 is 20.5 Å². The highest BCUT2D eigenvalue weighted by Crippen LogP contribution is 2.20. The van der Waals surface area contributed by atoms with Gasteiger partial charge in [-0.1, -0.05) is 11.3 Å². The maximum Gasteiger partial charge on any atom is 0.407 e. The topological polar surface area (TPSA) is 86.5 Å². The van der Waals surface area contributed by atoms with Crippen LogP contribution in [0.15, 0.2) is 6.20 Å². The van der Waals surface area contributed by atoms with Gasteiger partial charge in [0, 0.05) is 30.1 Å². The summed E-state index contributed by atoms with van der Waals surface area (Å²) < 4.78 is 10.1. The number of amides is 1. The van der Waals surface area contributed by atoms with Crippen LogP contribution in [0, 0.1) is 0 Å². The van der Waals surface area contributed by atoms with Crippen molar-refractivity contribution >= 4 is 17.4 Å². The number of alkyl carbamates (subject to hydrolysis) is 1. The van der Waals surface area contributed by atoms with Crippen molar-refractivity contribution in [3.63, 3.8) is 0 Å². The largest absolute Gasteiger partial charge is 0.473 e. The third-order valence-corrected chi connectivity index (χ3v) is 3.06. The highest BCUT2D eigenvalue weighted by Gasteiger charge is 2.16. The third-order valence-electron chi connectivity index (χ3n) is 2.08. The number of hydrogen-bond donors (Lipinski definition) is 2. The Balaban J connectivity index is 2.31. The Bertz CT molecular complexity index is 415. The van der Waals surface area contributed by atoms with E-state index in [-0.39, 0.29) is 6.04 Å². The van der Waals surface area contributed by atoms with Crippen LogP contribution in [-0.4, -0.2) is 36.4 Å². The van der Waals surface area contributed by atoms with Crippen molar-refractivity contribution in [1.82, 2.24) is 10.3 Å². The third kappa shape index (κ3) is 6.40. The number of carbonyl (C=O) groups excluding carboxylic acids is 1. The number of nitrogens with zero attached hydrogens (tertiary/aromatic N) is 1. The number of aromatic nitrogens is 1. The molecule has 1 unspecified atom stereocenters. The predicted molar refractivity (Wildman–Crippen MR) is 74.6 cm³/mol. The average molecular weight is 287 g/mol. The summed E-state index contributed by atoms with van der Waals surface area (Å²) >= 11 is 1.45. The fraction of sp³-hybridized carbons (Fsp3) is 0.667. The lowest BCUT2D eigenvalue weighted by molar-refractivity contribution is 0.0524. The van der Waals surface area contributed by atoms with Crippen LogP contribution in [0.25, 0.3) is 0 Å². The lowest BCUT2D eigenvalue weighted by atomic mass is 10.2. The second-order valence-corrected chi connectivity index (χ2v) is 6.22. The van der Waals surface area contributed by atoms with Crippen molar-refractivity contribution in [1.29, 1.82) is 0 Å². The quantitative estimate of drug-likeness (QED) is 0.858. The van der Waals surface area contributed by atoms with Crippen LogP contribution in [0.4, 0.5) is 4.79 Å².